The van der Waals surface area contributed by atoms with Crippen molar-refractivity contribution in [3.8, 4) is 0 Å². The quantitative estimate of drug-likeness (QED) is 0.420. The van der Waals surface area contributed by atoms with E-state index in [1.165, 1.54) is 30.2 Å². The molecule has 0 saturated carbocycles. The van der Waals surface area contributed by atoms with Crippen LogP contribution in [0, 0.1) is 11.3 Å². The van der Waals surface area contributed by atoms with E-state index in [0.29, 0.717) is 30.1 Å². The minimum atomic E-state index is -4.27. The molecule has 192 valence electrons. The Bertz CT molecular complexity index is 1370. The number of amides is 1. The largest absolute Gasteiger partial charge is 1.00 e. The van der Waals surface area contributed by atoms with Crippen molar-refractivity contribution in [2.75, 3.05) is 17.2 Å². The van der Waals surface area contributed by atoms with E-state index in [-0.39, 0.29) is 62.7 Å². The molecular weight excluding hydrogens is 501 g/mol. The molecule has 1 amide bonds. The number of rotatable bonds is 5. The molecule has 3 N–H and O–H groups in total. The summed E-state index contributed by atoms with van der Waals surface area (Å²) >= 11 is 0. The Balaban J connectivity index is 0.00000380. The Morgan fingerprint density at radius 2 is 1.84 bits per heavy atom. The maximum absolute atomic E-state index is 13.3. The number of sulfonamides is 1. The SMILES string of the molecule is C[C-]1CN(c2nc(C3=CC(C)(C)CCC3=O)ccc2C(=O)NS(=O)(=O)c2cccc(N)n2)C(C)(C)C1.[Na+]. The number of nitrogens with two attached hydrogens (primary N) is 1. The van der Waals surface area contributed by atoms with Gasteiger partial charge in [-0.2, -0.15) is 21.8 Å². The summed E-state index contributed by atoms with van der Waals surface area (Å²) in [6.45, 7) is 10.8. The topological polar surface area (TPSA) is 135 Å². The first-order valence-corrected chi connectivity index (χ1v) is 13.3. The van der Waals surface area contributed by atoms with Crippen molar-refractivity contribution in [1.29, 1.82) is 0 Å². The summed E-state index contributed by atoms with van der Waals surface area (Å²) in [6.07, 6.45) is 3.91. The maximum Gasteiger partial charge on any atom is 1.00 e. The van der Waals surface area contributed by atoms with Gasteiger partial charge in [0.2, 0.25) is 0 Å². The van der Waals surface area contributed by atoms with Crippen molar-refractivity contribution >= 4 is 38.9 Å². The first-order valence-electron chi connectivity index (χ1n) is 11.8. The fraction of sp³-hybridized carbons (Fsp3) is 0.423. The van der Waals surface area contributed by atoms with E-state index in [9.17, 15) is 18.0 Å². The normalized spacial score (nSPS) is 19.2. The molecular formula is C26H32N5NaO4S. The van der Waals surface area contributed by atoms with Crippen LogP contribution >= 0.6 is 0 Å². The van der Waals surface area contributed by atoms with Crippen LogP contribution < -0.4 is 44.9 Å². The van der Waals surface area contributed by atoms with Crippen LogP contribution in [0.15, 0.2) is 41.4 Å². The predicted octanol–water partition coefficient (Wildman–Crippen LogP) is 0.537. The van der Waals surface area contributed by atoms with E-state index in [1.807, 2.05) is 31.7 Å². The molecule has 11 heteroatoms. The third kappa shape index (κ3) is 6.25. The van der Waals surface area contributed by atoms with Crippen LogP contribution in [0.25, 0.3) is 5.57 Å². The monoisotopic (exact) mass is 533 g/mol. The molecule has 0 atom stereocenters. The number of ketones is 1. The molecule has 0 spiro atoms. The molecule has 2 aromatic rings. The molecule has 1 aliphatic heterocycles. The zero-order chi connectivity index (χ0) is 26.5. The van der Waals surface area contributed by atoms with Crippen LogP contribution in [0.5, 0.6) is 0 Å². The van der Waals surface area contributed by atoms with Crippen LogP contribution in [0.3, 0.4) is 0 Å². The number of hydrogen-bond donors (Lipinski definition) is 2. The van der Waals surface area contributed by atoms with Gasteiger partial charge in [-0.1, -0.05) is 26.0 Å². The van der Waals surface area contributed by atoms with E-state index >= 15 is 0 Å². The van der Waals surface area contributed by atoms with Crippen LogP contribution in [-0.2, 0) is 14.8 Å². The van der Waals surface area contributed by atoms with Crippen molar-refractivity contribution in [3.63, 3.8) is 0 Å². The van der Waals surface area contributed by atoms with Gasteiger partial charge in [0.05, 0.1) is 11.3 Å². The van der Waals surface area contributed by atoms with Gasteiger partial charge in [-0.15, -0.1) is 6.54 Å². The van der Waals surface area contributed by atoms with Crippen molar-refractivity contribution < 1.29 is 47.6 Å². The number of hydrogen-bond acceptors (Lipinski definition) is 8. The molecule has 0 unspecified atom stereocenters. The van der Waals surface area contributed by atoms with Gasteiger partial charge in [-0.3, -0.25) is 15.5 Å². The Labute approximate surface area is 240 Å². The maximum atomic E-state index is 13.3. The number of aromatic nitrogens is 2. The molecule has 0 bridgehead atoms. The zero-order valence-electron chi connectivity index (χ0n) is 22.3. The summed E-state index contributed by atoms with van der Waals surface area (Å²) < 4.78 is 27.8. The van der Waals surface area contributed by atoms with E-state index in [2.05, 4.69) is 23.6 Å². The zero-order valence-corrected chi connectivity index (χ0v) is 25.1. The summed E-state index contributed by atoms with van der Waals surface area (Å²) in [6, 6.07) is 7.31. The Kier molecular flexibility index (Phi) is 8.29. The van der Waals surface area contributed by atoms with Gasteiger partial charge in [0.1, 0.15) is 11.6 Å². The Morgan fingerprint density at radius 3 is 2.46 bits per heavy atom. The number of carbonyl (C=O) groups excluding carboxylic acids is 2. The van der Waals surface area contributed by atoms with E-state index < -0.39 is 15.9 Å². The number of Topliss-reactive ketones (excluding diaryl/α,β-unsaturated/α-hetero) is 1. The second-order valence-corrected chi connectivity index (χ2v) is 12.5. The number of pyridine rings is 2. The van der Waals surface area contributed by atoms with Crippen molar-refractivity contribution in [2.24, 2.45) is 5.41 Å². The van der Waals surface area contributed by atoms with E-state index in [0.717, 1.165) is 12.8 Å². The number of nitrogens with zero attached hydrogens (tertiary/aromatic N) is 3. The van der Waals surface area contributed by atoms with Crippen molar-refractivity contribution in [1.82, 2.24) is 14.7 Å². The summed E-state index contributed by atoms with van der Waals surface area (Å²) in [5.41, 5.74) is 6.20. The molecule has 2 aliphatic rings. The molecule has 9 nitrogen and oxygen atoms in total. The molecule has 2 aromatic heterocycles. The standard InChI is InChI=1S/C26H32N5O4S.Na/c1-16-13-26(4,5)31(15-16)23-17(24(33)30-36(34,35)22-8-6-7-21(27)29-22)9-10-19(28-23)18-14-25(2,3)12-11-20(18)32;/h6-10,14H,11-13,15H2,1-5H3,(H2,27,29)(H,30,33);/q-1;+1. The summed E-state index contributed by atoms with van der Waals surface area (Å²) in [5, 5.41) is -0.354. The fourth-order valence-electron chi connectivity index (χ4n) is 4.86. The molecule has 4 rings (SSSR count). The fourth-order valence-corrected chi connectivity index (χ4v) is 5.80. The smallest absolute Gasteiger partial charge is 0.384 e. The minimum Gasteiger partial charge on any atom is -0.384 e. The van der Waals surface area contributed by atoms with Gasteiger partial charge in [-0.25, -0.2) is 14.7 Å². The number of allylic oxidation sites excluding steroid dienone is 2. The molecule has 37 heavy (non-hydrogen) atoms. The summed E-state index contributed by atoms with van der Waals surface area (Å²) in [7, 11) is -4.27. The van der Waals surface area contributed by atoms with Crippen LogP contribution in [0.2, 0.25) is 0 Å². The Morgan fingerprint density at radius 1 is 1.14 bits per heavy atom. The number of nitrogen functional groups attached to an aromatic ring is 1. The van der Waals surface area contributed by atoms with Crippen LogP contribution in [-0.4, -0.2) is 42.2 Å². The molecule has 1 aliphatic carbocycles. The third-order valence-electron chi connectivity index (χ3n) is 6.62. The predicted molar refractivity (Wildman–Crippen MR) is 138 cm³/mol. The van der Waals surface area contributed by atoms with E-state index in [4.69, 9.17) is 10.7 Å². The van der Waals surface area contributed by atoms with Gasteiger partial charge in [0.15, 0.2) is 10.8 Å². The first-order chi connectivity index (χ1) is 16.7. The summed E-state index contributed by atoms with van der Waals surface area (Å²) in [4.78, 5) is 36.7. The number of nitrogens with one attached hydrogen (secondary N) is 1. The molecule has 0 aromatic carbocycles. The van der Waals surface area contributed by atoms with Crippen molar-refractivity contribution in [2.45, 2.75) is 64.4 Å². The minimum absolute atomic E-state index is 0. The number of anilines is 2. The Hall–Kier alpha value is -2.27. The van der Waals surface area contributed by atoms with Gasteiger partial charge >= 0.3 is 29.6 Å². The molecule has 3 heterocycles. The van der Waals surface area contributed by atoms with E-state index in [1.54, 1.807) is 6.07 Å². The first kappa shape index (κ1) is 29.3. The van der Waals surface area contributed by atoms with Gasteiger partial charge < -0.3 is 10.6 Å². The second kappa shape index (κ2) is 10.5. The van der Waals surface area contributed by atoms with Gasteiger partial charge in [0.25, 0.3) is 15.9 Å². The van der Waals surface area contributed by atoms with Crippen LogP contribution in [0.4, 0.5) is 11.6 Å². The van der Waals surface area contributed by atoms with Crippen LogP contribution in [0.1, 0.15) is 69.9 Å². The van der Waals surface area contributed by atoms with Gasteiger partial charge in [-0.05, 0) is 49.9 Å². The second-order valence-electron chi connectivity index (χ2n) is 10.9. The summed E-state index contributed by atoms with van der Waals surface area (Å²) in [5.74, 6) is 0.737. The van der Waals surface area contributed by atoms with Gasteiger partial charge in [0, 0.05) is 17.5 Å². The third-order valence-corrected chi connectivity index (χ3v) is 7.86. The van der Waals surface area contributed by atoms with Crippen molar-refractivity contribution in [3.05, 3.63) is 53.6 Å². The number of carbonyl (C=O) groups is 2. The molecule has 1 saturated heterocycles. The average molecular weight is 534 g/mol. The molecule has 0 radical (unpaired) electrons. The molecule has 1 fully saturated rings. The average Bonchev–Trinajstić information content (AvgIpc) is 3.06.